The highest BCUT2D eigenvalue weighted by atomic mass is 16.4. The van der Waals surface area contributed by atoms with Crippen LogP contribution in [0.4, 0.5) is 5.69 Å². The summed E-state index contributed by atoms with van der Waals surface area (Å²) in [5, 5.41) is 10.4. The number of hydrogen-bond donors (Lipinski definition) is 2. The molecule has 0 atom stereocenters. The third-order valence-corrected chi connectivity index (χ3v) is 6.69. The lowest BCUT2D eigenvalue weighted by molar-refractivity contribution is 0.0949. The minimum atomic E-state index is -0.388. The molecule has 0 unspecified atom stereocenters. The van der Waals surface area contributed by atoms with Gasteiger partial charge in [0.1, 0.15) is 11.5 Å². The smallest absolute Gasteiger partial charge is 0.291 e. The number of nitrogens with one attached hydrogen (secondary N) is 2. The number of anilines is 1. The molecule has 7 nitrogen and oxygen atoms in total. The number of hydrogen-bond acceptors (Lipinski definition) is 5. The zero-order valence-corrected chi connectivity index (χ0v) is 20.2. The molecule has 2 N–H and O–H groups in total. The second kappa shape index (κ2) is 9.35. The highest BCUT2D eigenvalue weighted by molar-refractivity contribution is 6.11. The fourth-order valence-corrected chi connectivity index (χ4v) is 4.88. The van der Waals surface area contributed by atoms with Crippen LogP contribution in [0.1, 0.15) is 50.8 Å². The third-order valence-electron chi connectivity index (χ3n) is 6.69. The molecule has 0 radical (unpaired) electrons. The van der Waals surface area contributed by atoms with Gasteiger partial charge in [-0.15, -0.1) is 0 Å². The predicted molar refractivity (Wildman–Crippen MR) is 144 cm³/mol. The molecule has 0 aliphatic heterocycles. The Kier molecular flexibility index (Phi) is 5.73. The Hall–Kier alpha value is -4.78. The number of aromatic nitrogens is 1. The van der Waals surface area contributed by atoms with Gasteiger partial charge in [-0.2, -0.15) is 5.10 Å². The molecule has 5 aromatic rings. The monoisotopic (exact) mass is 488 g/mol. The van der Waals surface area contributed by atoms with Crippen molar-refractivity contribution in [1.82, 2.24) is 10.4 Å². The summed E-state index contributed by atoms with van der Waals surface area (Å²) < 4.78 is 6.03. The van der Waals surface area contributed by atoms with Gasteiger partial charge in [-0.05, 0) is 43.4 Å². The van der Waals surface area contributed by atoms with E-state index >= 15 is 0 Å². The van der Waals surface area contributed by atoms with Crippen LogP contribution in [-0.2, 0) is 6.42 Å². The van der Waals surface area contributed by atoms with E-state index in [1.54, 1.807) is 6.07 Å². The Bertz CT molecular complexity index is 1710. The van der Waals surface area contributed by atoms with Gasteiger partial charge in [0.25, 0.3) is 11.8 Å². The molecule has 2 aromatic heterocycles. The van der Waals surface area contributed by atoms with Gasteiger partial charge in [0, 0.05) is 34.0 Å². The van der Waals surface area contributed by atoms with Crippen LogP contribution in [0.5, 0.6) is 0 Å². The second-order valence-corrected chi connectivity index (χ2v) is 9.08. The predicted octanol–water partition coefficient (Wildman–Crippen LogP) is 6.01. The Morgan fingerprint density at radius 1 is 0.865 bits per heavy atom. The number of fused-ring (bicyclic) bond motifs is 3. The zero-order valence-electron chi connectivity index (χ0n) is 20.2. The fraction of sp³-hybridized carbons (Fsp3) is 0.133. The van der Waals surface area contributed by atoms with E-state index in [-0.39, 0.29) is 23.3 Å². The minimum absolute atomic E-state index is 0.259. The first-order valence-corrected chi connectivity index (χ1v) is 12.2. The maximum atomic E-state index is 13.2. The van der Waals surface area contributed by atoms with E-state index in [1.807, 2.05) is 79.7 Å². The number of nitrogens with zero attached hydrogens (tertiary/aromatic N) is 2. The highest BCUT2D eigenvalue weighted by Gasteiger charge is 2.28. The van der Waals surface area contributed by atoms with E-state index in [4.69, 9.17) is 4.42 Å². The van der Waals surface area contributed by atoms with E-state index in [0.717, 1.165) is 39.3 Å². The molecule has 6 rings (SSSR count). The Morgan fingerprint density at radius 3 is 2.54 bits per heavy atom. The molecule has 0 saturated heterocycles. The molecular formula is C30H24N4O3. The van der Waals surface area contributed by atoms with Gasteiger partial charge in [0.05, 0.1) is 11.2 Å². The molecule has 1 aliphatic carbocycles. The Labute approximate surface area is 213 Å². The molecule has 182 valence electrons. The summed E-state index contributed by atoms with van der Waals surface area (Å²) in [6.45, 7) is 1.86. The number of pyridine rings is 1. The molecule has 1 aliphatic rings. The molecule has 2 heterocycles. The molecule has 0 bridgehead atoms. The van der Waals surface area contributed by atoms with Crippen LogP contribution in [0.25, 0.3) is 21.7 Å². The Balaban J connectivity index is 1.26. The van der Waals surface area contributed by atoms with Crippen molar-refractivity contribution < 1.29 is 14.0 Å². The van der Waals surface area contributed by atoms with Crippen molar-refractivity contribution >= 4 is 44.9 Å². The summed E-state index contributed by atoms with van der Waals surface area (Å²) in [6.07, 6.45) is 2.19. The number of aryl methyl sites for hydroxylation is 1. The van der Waals surface area contributed by atoms with E-state index in [0.29, 0.717) is 29.9 Å². The summed E-state index contributed by atoms with van der Waals surface area (Å²) in [5.74, 6) is 0.270. The summed E-state index contributed by atoms with van der Waals surface area (Å²) in [6, 6.07) is 24.9. The van der Waals surface area contributed by atoms with Crippen LogP contribution in [0.3, 0.4) is 0 Å². The van der Waals surface area contributed by atoms with Gasteiger partial charge >= 0.3 is 0 Å². The van der Waals surface area contributed by atoms with Crippen molar-refractivity contribution in [1.29, 1.82) is 0 Å². The number of carbonyl (C=O) groups is 2. The van der Waals surface area contributed by atoms with Gasteiger partial charge in [0.2, 0.25) is 0 Å². The SMILES string of the molecule is Cc1c(C(=O)Nc2cccc3ccccc23)oc2c1/C(=N/NC(=O)c1ccc3ccccc3n1)CCC2. The second-order valence-electron chi connectivity index (χ2n) is 9.08. The van der Waals surface area contributed by atoms with Gasteiger partial charge in [-0.25, -0.2) is 10.4 Å². The maximum absolute atomic E-state index is 13.2. The normalized spacial score (nSPS) is 14.0. The van der Waals surface area contributed by atoms with Crippen LogP contribution in [-0.4, -0.2) is 22.5 Å². The Morgan fingerprint density at radius 2 is 1.65 bits per heavy atom. The molecule has 0 fully saturated rings. The van der Waals surface area contributed by atoms with Crippen LogP contribution in [0.2, 0.25) is 0 Å². The number of benzene rings is 3. The van der Waals surface area contributed by atoms with Crippen LogP contribution in [0, 0.1) is 6.92 Å². The van der Waals surface area contributed by atoms with E-state index in [2.05, 4.69) is 20.8 Å². The average molecular weight is 489 g/mol. The van der Waals surface area contributed by atoms with Gasteiger partial charge in [-0.3, -0.25) is 9.59 Å². The number of furan rings is 1. The van der Waals surface area contributed by atoms with E-state index < -0.39 is 0 Å². The number of para-hydroxylation sites is 1. The van der Waals surface area contributed by atoms with Crippen molar-refractivity contribution in [3.05, 3.63) is 107 Å². The highest BCUT2D eigenvalue weighted by Crippen LogP contribution is 2.31. The fourth-order valence-electron chi connectivity index (χ4n) is 4.88. The van der Waals surface area contributed by atoms with Crippen LogP contribution in [0.15, 0.2) is 88.4 Å². The summed E-state index contributed by atoms with van der Waals surface area (Å²) in [5.41, 5.74) is 6.60. The summed E-state index contributed by atoms with van der Waals surface area (Å²) >= 11 is 0. The van der Waals surface area contributed by atoms with E-state index in [9.17, 15) is 9.59 Å². The van der Waals surface area contributed by atoms with Crippen molar-refractivity contribution in [3.8, 4) is 0 Å². The first kappa shape index (κ1) is 22.7. The first-order chi connectivity index (χ1) is 18.1. The largest absolute Gasteiger partial charge is 0.455 e. The van der Waals surface area contributed by atoms with Crippen molar-refractivity contribution in [2.24, 2.45) is 5.10 Å². The molecular weight excluding hydrogens is 464 g/mol. The standard InChI is InChI=1S/C30H24N4O3/c1-18-27-24(33-34-29(35)25-17-16-20-9-3-5-12-22(20)31-25)14-7-15-26(27)37-28(18)30(36)32-23-13-6-10-19-8-2-4-11-21(19)23/h2-6,8-13,16-17H,7,14-15H2,1H3,(H,32,36)(H,34,35)/b33-24+. The molecule has 0 saturated carbocycles. The van der Waals surface area contributed by atoms with Gasteiger partial charge in [-0.1, -0.05) is 60.7 Å². The minimum Gasteiger partial charge on any atom is -0.455 e. The number of carbonyl (C=O) groups excluding carboxylic acids is 2. The van der Waals surface area contributed by atoms with Crippen molar-refractivity contribution in [2.45, 2.75) is 26.2 Å². The van der Waals surface area contributed by atoms with Gasteiger partial charge < -0.3 is 9.73 Å². The molecule has 7 heteroatoms. The van der Waals surface area contributed by atoms with Crippen molar-refractivity contribution in [2.75, 3.05) is 5.32 Å². The first-order valence-electron chi connectivity index (χ1n) is 12.2. The maximum Gasteiger partial charge on any atom is 0.291 e. The third kappa shape index (κ3) is 4.25. The quantitative estimate of drug-likeness (QED) is 0.303. The lowest BCUT2D eigenvalue weighted by atomic mass is 9.93. The van der Waals surface area contributed by atoms with Crippen LogP contribution < -0.4 is 10.7 Å². The molecule has 2 amide bonds. The number of hydrazone groups is 1. The summed E-state index contributed by atoms with van der Waals surface area (Å²) in [7, 11) is 0. The molecule has 37 heavy (non-hydrogen) atoms. The topological polar surface area (TPSA) is 96.6 Å². The molecule has 0 spiro atoms. The van der Waals surface area contributed by atoms with E-state index in [1.165, 1.54) is 0 Å². The summed E-state index contributed by atoms with van der Waals surface area (Å²) in [4.78, 5) is 30.5. The lowest BCUT2D eigenvalue weighted by Crippen LogP contribution is -2.23. The number of rotatable bonds is 4. The lowest BCUT2D eigenvalue weighted by Gasteiger charge is -2.13. The van der Waals surface area contributed by atoms with Crippen LogP contribution >= 0.6 is 0 Å². The van der Waals surface area contributed by atoms with Crippen molar-refractivity contribution in [3.63, 3.8) is 0 Å². The molecule has 3 aromatic carbocycles. The van der Waals surface area contributed by atoms with Gasteiger partial charge in [0.15, 0.2) is 5.76 Å². The average Bonchev–Trinajstić information content (AvgIpc) is 3.28. The zero-order chi connectivity index (χ0) is 25.4. The number of amides is 2.